The van der Waals surface area contributed by atoms with Crippen LogP contribution in [0.5, 0.6) is 0 Å². The summed E-state index contributed by atoms with van der Waals surface area (Å²) < 4.78 is 27.9. The summed E-state index contributed by atoms with van der Waals surface area (Å²) in [6.45, 7) is 7.37. The lowest BCUT2D eigenvalue weighted by molar-refractivity contribution is 0.575. The molecule has 0 aromatic heterocycles. The molecule has 1 aliphatic rings. The van der Waals surface area contributed by atoms with Crippen molar-refractivity contribution in [2.24, 2.45) is 5.92 Å². The molecule has 6 heteroatoms. The summed E-state index contributed by atoms with van der Waals surface area (Å²) >= 11 is 6.10. The Bertz CT molecular complexity index is 616. The van der Waals surface area contributed by atoms with Gasteiger partial charge in [-0.3, -0.25) is 0 Å². The summed E-state index contributed by atoms with van der Waals surface area (Å²) in [5.41, 5.74) is 1.69. The van der Waals surface area contributed by atoms with E-state index in [9.17, 15) is 8.42 Å². The molecule has 0 radical (unpaired) electrons. The first-order chi connectivity index (χ1) is 9.89. The second-order valence-electron chi connectivity index (χ2n) is 5.60. The van der Waals surface area contributed by atoms with E-state index < -0.39 is 10.0 Å². The summed E-state index contributed by atoms with van der Waals surface area (Å²) in [7, 11) is -3.50. The average molecular weight is 331 g/mol. The second kappa shape index (κ2) is 6.65. The zero-order valence-electron chi connectivity index (χ0n) is 12.7. The van der Waals surface area contributed by atoms with Gasteiger partial charge in [-0.05, 0) is 49.1 Å². The van der Waals surface area contributed by atoms with Crippen LogP contribution >= 0.6 is 11.6 Å². The first-order valence-electron chi connectivity index (χ1n) is 7.41. The SMILES string of the molecule is CCNCc1cc(Cl)cc(S(=O)(=O)NC2CC2CC)c1C. The van der Waals surface area contributed by atoms with E-state index in [0.717, 1.165) is 30.5 Å². The second-order valence-corrected chi connectivity index (χ2v) is 7.72. The highest BCUT2D eigenvalue weighted by Crippen LogP contribution is 2.35. The minimum atomic E-state index is -3.50. The van der Waals surface area contributed by atoms with Crippen molar-refractivity contribution in [3.63, 3.8) is 0 Å². The Kier molecular flexibility index (Phi) is 5.30. The zero-order chi connectivity index (χ0) is 15.6. The lowest BCUT2D eigenvalue weighted by Gasteiger charge is -2.14. The van der Waals surface area contributed by atoms with Crippen molar-refractivity contribution in [1.29, 1.82) is 0 Å². The fraction of sp³-hybridized carbons (Fsp3) is 0.600. The van der Waals surface area contributed by atoms with Gasteiger partial charge in [0.05, 0.1) is 4.90 Å². The highest BCUT2D eigenvalue weighted by atomic mass is 35.5. The number of nitrogens with one attached hydrogen (secondary N) is 2. The highest BCUT2D eigenvalue weighted by molar-refractivity contribution is 7.89. The quantitative estimate of drug-likeness (QED) is 0.808. The molecule has 0 bridgehead atoms. The molecule has 1 fully saturated rings. The van der Waals surface area contributed by atoms with Crippen LogP contribution in [-0.2, 0) is 16.6 Å². The third-order valence-electron chi connectivity index (χ3n) is 4.04. The molecule has 0 saturated heterocycles. The summed E-state index contributed by atoms with van der Waals surface area (Å²) in [6, 6.07) is 3.44. The van der Waals surface area contributed by atoms with Crippen LogP contribution in [0.15, 0.2) is 17.0 Å². The molecule has 1 saturated carbocycles. The number of rotatable bonds is 7. The Balaban J connectivity index is 2.27. The molecule has 2 unspecified atom stereocenters. The molecule has 21 heavy (non-hydrogen) atoms. The predicted molar refractivity (Wildman–Crippen MR) is 86.1 cm³/mol. The molecule has 118 valence electrons. The summed E-state index contributed by atoms with van der Waals surface area (Å²) in [5, 5.41) is 3.66. The van der Waals surface area contributed by atoms with E-state index in [4.69, 9.17) is 11.6 Å². The van der Waals surface area contributed by atoms with Crippen LogP contribution in [0.2, 0.25) is 5.02 Å². The van der Waals surface area contributed by atoms with Gasteiger partial charge in [-0.25, -0.2) is 13.1 Å². The predicted octanol–water partition coefficient (Wildman–Crippen LogP) is 2.83. The largest absolute Gasteiger partial charge is 0.313 e. The van der Waals surface area contributed by atoms with E-state index in [-0.39, 0.29) is 6.04 Å². The lowest BCUT2D eigenvalue weighted by atomic mass is 10.1. The lowest BCUT2D eigenvalue weighted by Crippen LogP contribution is -2.28. The van der Waals surface area contributed by atoms with Gasteiger partial charge in [0.2, 0.25) is 10.0 Å². The maximum absolute atomic E-state index is 12.6. The smallest absolute Gasteiger partial charge is 0.241 e. The van der Waals surface area contributed by atoms with Crippen molar-refractivity contribution in [1.82, 2.24) is 10.0 Å². The minimum absolute atomic E-state index is 0.0793. The van der Waals surface area contributed by atoms with Crippen LogP contribution < -0.4 is 10.0 Å². The van der Waals surface area contributed by atoms with E-state index >= 15 is 0 Å². The standard InChI is InChI=1S/C15H23ClN2O2S/c1-4-11-7-14(11)18-21(19,20)15-8-13(16)6-12(10(15)3)9-17-5-2/h6,8,11,14,17-18H,4-5,7,9H2,1-3H3. The van der Waals surface area contributed by atoms with Crippen molar-refractivity contribution >= 4 is 21.6 Å². The molecule has 0 heterocycles. The van der Waals surface area contributed by atoms with Crippen molar-refractivity contribution < 1.29 is 8.42 Å². The Hall–Kier alpha value is -0.620. The zero-order valence-corrected chi connectivity index (χ0v) is 14.3. The van der Waals surface area contributed by atoms with Crippen LogP contribution in [0.25, 0.3) is 0 Å². The van der Waals surface area contributed by atoms with Crippen molar-refractivity contribution in [3.8, 4) is 0 Å². The van der Waals surface area contributed by atoms with Crippen molar-refractivity contribution in [3.05, 3.63) is 28.3 Å². The summed E-state index contributed by atoms with van der Waals surface area (Å²) in [4.78, 5) is 0.296. The average Bonchev–Trinajstić information content (AvgIpc) is 3.16. The van der Waals surface area contributed by atoms with Gasteiger partial charge in [0, 0.05) is 17.6 Å². The van der Waals surface area contributed by atoms with Gasteiger partial charge >= 0.3 is 0 Å². The van der Waals surface area contributed by atoms with E-state index in [1.54, 1.807) is 0 Å². The van der Waals surface area contributed by atoms with Crippen LogP contribution in [-0.4, -0.2) is 21.0 Å². The maximum Gasteiger partial charge on any atom is 0.241 e. The molecular formula is C15H23ClN2O2S. The van der Waals surface area contributed by atoms with Crippen molar-refractivity contribution in [2.75, 3.05) is 6.54 Å². The monoisotopic (exact) mass is 330 g/mol. The van der Waals surface area contributed by atoms with E-state index in [1.165, 1.54) is 6.07 Å². The number of sulfonamides is 1. The summed E-state index contributed by atoms with van der Waals surface area (Å²) in [6.07, 6.45) is 1.94. The van der Waals surface area contributed by atoms with Gasteiger partial charge in [-0.1, -0.05) is 31.9 Å². The maximum atomic E-state index is 12.6. The normalized spacial score (nSPS) is 21.5. The molecule has 2 atom stereocenters. The fourth-order valence-corrected chi connectivity index (χ4v) is 4.47. The molecule has 1 aliphatic carbocycles. The van der Waals surface area contributed by atoms with Crippen LogP contribution in [0.4, 0.5) is 0 Å². The fourth-order valence-electron chi connectivity index (χ4n) is 2.54. The number of halogens is 1. The Morgan fingerprint density at radius 3 is 2.62 bits per heavy atom. The van der Waals surface area contributed by atoms with Gasteiger partial charge < -0.3 is 5.32 Å². The van der Waals surface area contributed by atoms with E-state index in [0.29, 0.717) is 22.4 Å². The molecular weight excluding hydrogens is 308 g/mol. The molecule has 1 aromatic rings. The molecule has 1 aromatic carbocycles. The molecule has 2 N–H and O–H groups in total. The van der Waals surface area contributed by atoms with E-state index in [1.807, 2.05) is 19.9 Å². The summed E-state index contributed by atoms with van der Waals surface area (Å²) in [5.74, 6) is 0.473. The van der Waals surface area contributed by atoms with Crippen LogP contribution in [0.1, 0.15) is 37.8 Å². The first kappa shape index (κ1) is 16.7. The third-order valence-corrected chi connectivity index (χ3v) is 5.88. The Labute approximate surface area is 132 Å². The highest BCUT2D eigenvalue weighted by Gasteiger charge is 2.39. The van der Waals surface area contributed by atoms with Gasteiger partial charge in [0.25, 0.3) is 0 Å². The molecule has 0 spiro atoms. The third kappa shape index (κ3) is 3.97. The van der Waals surface area contributed by atoms with E-state index in [2.05, 4.69) is 17.0 Å². The van der Waals surface area contributed by atoms with Crippen molar-refractivity contribution in [2.45, 2.75) is 51.1 Å². The topological polar surface area (TPSA) is 58.2 Å². The van der Waals surface area contributed by atoms with Gasteiger partial charge in [-0.2, -0.15) is 0 Å². The minimum Gasteiger partial charge on any atom is -0.313 e. The van der Waals surface area contributed by atoms with Crippen LogP contribution in [0.3, 0.4) is 0 Å². The Morgan fingerprint density at radius 1 is 1.33 bits per heavy atom. The molecule has 0 aliphatic heterocycles. The molecule has 4 nitrogen and oxygen atoms in total. The first-order valence-corrected chi connectivity index (χ1v) is 9.27. The van der Waals surface area contributed by atoms with Gasteiger partial charge in [0.1, 0.15) is 0 Å². The number of hydrogen-bond acceptors (Lipinski definition) is 3. The number of benzene rings is 1. The van der Waals surface area contributed by atoms with Gasteiger partial charge in [-0.15, -0.1) is 0 Å². The van der Waals surface area contributed by atoms with Gasteiger partial charge in [0.15, 0.2) is 0 Å². The molecule has 0 amide bonds. The Morgan fingerprint density at radius 2 is 2.05 bits per heavy atom. The number of hydrogen-bond donors (Lipinski definition) is 2. The van der Waals surface area contributed by atoms with Crippen LogP contribution in [0, 0.1) is 12.8 Å². The molecule has 2 rings (SSSR count).